The average Bonchev–Trinajstić information content (AvgIpc) is 2.49. The number of nitrogens with two attached hydrogens (primary N) is 2. The fourth-order valence-electron chi connectivity index (χ4n) is 2.35. The summed E-state index contributed by atoms with van der Waals surface area (Å²) in [7, 11) is 0. The van der Waals surface area contributed by atoms with E-state index in [1.54, 1.807) is 12.4 Å². The Morgan fingerprint density at radius 3 is 1.95 bits per heavy atom. The molecule has 5 nitrogen and oxygen atoms in total. The molecule has 2 aromatic rings. The summed E-state index contributed by atoms with van der Waals surface area (Å²) in [5.74, 6) is 0. The van der Waals surface area contributed by atoms with Crippen LogP contribution in [0.25, 0.3) is 0 Å². The zero-order valence-electron chi connectivity index (χ0n) is 12.2. The molecule has 0 spiro atoms. The molecule has 21 heavy (non-hydrogen) atoms. The van der Waals surface area contributed by atoms with E-state index in [0.29, 0.717) is 25.9 Å². The lowest BCUT2D eigenvalue weighted by molar-refractivity contribution is 0.384. The summed E-state index contributed by atoms with van der Waals surface area (Å²) in [5, 5.41) is 3.31. The number of rotatable bonds is 8. The van der Waals surface area contributed by atoms with Gasteiger partial charge in [0.25, 0.3) is 0 Å². The van der Waals surface area contributed by atoms with Crippen molar-refractivity contribution in [2.75, 3.05) is 19.6 Å². The normalized spacial score (nSPS) is 11.5. The van der Waals surface area contributed by atoms with E-state index in [1.807, 2.05) is 36.4 Å². The molecule has 2 aromatic heterocycles. The molecule has 0 aliphatic carbocycles. The fourth-order valence-corrected chi connectivity index (χ4v) is 2.35. The maximum atomic E-state index is 6.62. The van der Waals surface area contributed by atoms with E-state index < -0.39 is 5.54 Å². The molecule has 0 fully saturated rings. The molecule has 0 atom stereocenters. The Hall–Kier alpha value is -1.82. The highest BCUT2D eigenvalue weighted by molar-refractivity contribution is 5.14. The minimum absolute atomic E-state index is 0.433. The van der Waals surface area contributed by atoms with Crippen molar-refractivity contribution in [2.45, 2.75) is 18.4 Å². The third-order valence-electron chi connectivity index (χ3n) is 3.32. The van der Waals surface area contributed by atoms with Gasteiger partial charge >= 0.3 is 0 Å². The minimum atomic E-state index is -0.433. The topological polar surface area (TPSA) is 89.8 Å². The van der Waals surface area contributed by atoms with Gasteiger partial charge in [0.1, 0.15) is 0 Å². The molecular weight excluding hydrogens is 262 g/mol. The third-order valence-corrected chi connectivity index (χ3v) is 3.32. The van der Waals surface area contributed by atoms with Gasteiger partial charge in [-0.2, -0.15) is 0 Å². The molecule has 0 amide bonds. The monoisotopic (exact) mass is 285 g/mol. The predicted molar refractivity (Wildman–Crippen MR) is 84.7 cm³/mol. The smallest absolute Gasteiger partial charge is 0.0422 e. The van der Waals surface area contributed by atoms with Crippen LogP contribution in [-0.4, -0.2) is 35.1 Å². The van der Waals surface area contributed by atoms with E-state index in [1.165, 1.54) is 0 Å². The quantitative estimate of drug-likeness (QED) is 0.615. The van der Waals surface area contributed by atoms with Crippen LogP contribution in [0, 0.1) is 0 Å². The van der Waals surface area contributed by atoms with Gasteiger partial charge in [0.05, 0.1) is 0 Å². The number of nitrogens with one attached hydrogen (secondary N) is 1. The molecule has 0 saturated heterocycles. The lowest BCUT2D eigenvalue weighted by atomic mass is 9.88. The average molecular weight is 285 g/mol. The van der Waals surface area contributed by atoms with Crippen LogP contribution in [-0.2, 0) is 12.8 Å². The highest BCUT2D eigenvalue weighted by Gasteiger charge is 2.26. The van der Waals surface area contributed by atoms with Gasteiger partial charge in [-0.15, -0.1) is 0 Å². The first-order valence-electron chi connectivity index (χ1n) is 7.21. The summed E-state index contributed by atoms with van der Waals surface area (Å²) in [6.07, 6.45) is 4.98. The highest BCUT2D eigenvalue weighted by Crippen LogP contribution is 2.14. The van der Waals surface area contributed by atoms with Crippen LogP contribution in [0.3, 0.4) is 0 Å². The van der Waals surface area contributed by atoms with Gasteiger partial charge in [0, 0.05) is 61.8 Å². The largest absolute Gasteiger partial charge is 0.329 e. The Morgan fingerprint density at radius 2 is 1.52 bits per heavy atom. The van der Waals surface area contributed by atoms with Crippen molar-refractivity contribution in [2.24, 2.45) is 11.5 Å². The molecule has 2 rings (SSSR count). The van der Waals surface area contributed by atoms with Crippen LogP contribution >= 0.6 is 0 Å². The maximum Gasteiger partial charge on any atom is 0.0422 e. The van der Waals surface area contributed by atoms with Gasteiger partial charge in [0.2, 0.25) is 0 Å². The van der Waals surface area contributed by atoms with E-state index >= 15 is 0 Å². The summed E-state index contributed by atoms with van der Waals surface area (Å²) in [6, 6.07) is 11.8. The van der Waals surface area contributed by atoms with Crippen LogP contribution in [0.4, 0.5) is 0 Å². The maximum absolute atomic E-state index is 6.62. The zero-order valence-corrected chi connectivity index (χ0v) is 12.2. The summed E-state index contributed by atoms with van der Waals surface area (Å²) in [6.45, 7) is 2.03. The van der Waals surface area contributed by atoms with Crippen molar-refractivity contribution >= 4 is 0 Å². The Labute approximate surface area is 125 Å². The molecule has 2 heterocycles. The number of hydrogen-bond donors (Lipinski definition) is 3. The van der Waals surface area contributed by atoms with E-state index in [0.717, 1.165) is 17.9 Å². The molecule has 5 heteroatoms. The van der Waals surface area contributed by atoms with Gasteiger partial charge in [-0.3, -0.25) is 9.97 Å². The lowest BCUT2D eigenvalue weighted by Gasteiger charge is -2.29. The van der Waals surface area contributed by atoms with Gasteiger partial charge in [-0.1, -0.05) is 12.1 Å². The first-order valence-corrected chi connectivity index (χ1v) is 7.21. The molecule has 0 radical (unpaired) electrons. The van der Waals surface area contributed by atoms with E-state index in [-0.39, 0.29) is 0 Å². The molecule has 0 bridgehead atoms. The molecule has 0 aliphatic heterocycles. The molecule has 0 aliphatic rings. The lowest BCUT2D eigenvalue weighted by Crippen LogP contribution is -2.53. The SMILES string of the molecule is NCCNCC(N)(Cc1ccccn1)Cc1ccccn1. The van der Waals surface area contributed by atoms with Crippen molar-refractivity contribution in [3.8, 4) is 0 Å². The zero-order chi connectivity index (χ0) is 15.0. The van der Waals surface area contributed by atoms with Crippen LogP contribution in [0.15, 0.2) is 48.8 Å². The second-order valence-corrected chi connectivity index (χ2v) is 5.32. The highest BCUT2D eigenvalue weighted by atomic mass is 14.9. The van der Waals surface area contributed by atoms with E-state index in [4.69, 9.17) is 11.5 Å². The molecular formula is C16H23N5. The Bertz CT molecular complexity index is 473. The van der Waals surface area contributed by atoms with E-state index in [9.17, 15) is 0 Å². The van der Waals surface area contributed by atoms with E-state index in [2.05, 4.69) is 15.3 Å². The number of hydrogen-bond acceptors (Lipinski definition) is 5. The Morgan fingerprint density at radius 1 is 0.952 bits per heavy atom. The van der Waals surface area contributed by atoms with Crippen LogP contribution < -0.4 is 16.8 Å². The van der Waals surface area contributed by atoms with Gasteiger partial charge < -0.3 is 16.8 Å². The first-order chi connectivity index (χ1) is 10.2. The standard InChI is InChI=1S/C16H23N5/c17-7-10-19-13-16(18,11-14-5-1-3-8-20-14)12-15-6-2-4-9-21-15/h1-6,8-9,19H,7,10-13,17-18H2. The molecule has 112 valence electrons. The summed E-state index contributed by atoms with van der Waals surface area (Å²) in [4.78, 5) is 8.76. The summed E-state index contributed by atoms with van der Waals surface area (Å²) < 4.78 is 0. The number of pyridine rings is 2. The molecule has 0 saturated carbocycles. The first kappa shape index (κ1) is 15.6. The third kappa shape index (κ3) is 5.23. The molecule has 0 unspecified atom stereocenters. The van der Waals surface area contributed by atoms with Crippen molar-refractivity contribution in [1.29, 1.82) is 0 Å². The molecule has 5 N–H and O–H groups in total. The molecule has 0 aromatic carbocycles. The summed E-state index contributed by atoms with van der Waals surface area (Å²) in [5.41, 5.74) is 13.7. The van der Waals surface area contributed by atoms with Crippen molar-refractivity contribution in [1.82, 2.24) is 15.3 Å². The van der Waals surface area contributed by atoms with Gasteiger partial charge in [0.15, 0.2) is 0 Å². The fraction of sp³-hybridized carbons (Fsp3) is 0.375. The number of nitrogens with zero attached hydrogens (tertiary/aromatic N) is 2. The summed E-state index contributed by atoms with van der Waals surface area (Å²) >= 11 is 0. The van der Waals surface area contributed by atoms with Crippen LogP contribution in [0.1, 0.15) is 11.4 Å². The minimum Gasteiger partial charge on any atom is -0.329 e. The Kier molecular flexibility index (Phi) is 5.80. The van der Waals surface area contributed by atoms with Gasteiger partial charge in [-0.25, -0.2) is 0 Å². The second kappa shape index (κ2) is 7.83. The number of aromatic nitrogens is 2. The van der Waals surface area contributed by atoms with Crippen molar-refractivity contribution < 1.29 is 0 Å². The Balaban J connectivity index is 2.09. The van der Waals surface area contributed by atoms with Crippen LogP contribution in [0.5, 0.6) is 0 Å². The van der Waals surface area contributed by atoms with Crippen molar-refractivity contribution in [3.63, 3.8) is 0 Å². The van der Waals surface area contributed by atoms with Crippen molar-refractivity contribution in [3.05, 3.63) is 60.2 Å². The van der Waals surface area contributed by atoms with Gasteiger partial charge in [-0.05, 0) is 24.3 Å². The van der Waals surface area contributed by atoms with Crippen LogP contribution in [0.2, 0.25) is 0 Å². The second-order valence-electron chi connectivity index (χ2n) is 5.32. The predicted octanol–water partition coefficient (Wildman–Crippen LogP) is 0.508.